The van der Waals surface area contributed by atoms with Gasteiger partial charge in [0, 0.05) is 6.20 Å². The predicted octanol–water partition coefficient (Wildman–Crippen LogP) is 1.28. The van der Waals surface area contributed by atoms with Gasteiger partial charge in [-0.25, -0.2) is 4.79 Å². The predicted molar refractivity (Wildman–Crippen MR) is 56.9 cm³/mol. The number of aryl methyl sites for hydroxylation is 1. The van der Waals surface area contributed by atoms with Crippen molar-refractivity contribution in [2.45, 2.75) is 6.92 Å². The summed E-state index contributed by atoms with van der Waals surface area (Å²) in [5.74, 6) is -0.797. The van der Waals surface area contributed by atoms with E-state index in [9.17, 15) is 9.59 Å². The third-order valence-electron chi connectivity index (χ3n) is 1.51. The van der Waals surface area contributed by atoms with E-state index in [1.54, 1.807) is 12.3 Å². The summed E-state index contributed by atoms with van der Waals surface area (Å²) in [4.78, 5) is 25.8. The Morgan fingerprint density at radius 1 is 1.47 bits per heavy atom. The molecule has 0 unspecified atom stereocenters. The molecule has 80 valence electrons. The molecule has 6 heteroatoms. The molecule has 1 aromatic rings. The highest BCUT2D eigenvalue weighted by Gasteiger charge is 2.06. The summed E-state index contributed by atoms with van der Waals surface area (Å²) in [7, 11) is 0. The quantitative estimate of drug-likeness (QED) is 0.748. The Bertz CT molecular complexity index is 381. The van der Waals surface area contributed by atoms with Crippen LogP contribution in [0.5, 0.6) is 0 Å². The van der Waals surface area contributed by atoms with Crippen molar-refractivity contribution < 1.29 is 9.59 Å². The number of carbonyl (C=O) groups excluding carboxylic acids is 2. The highest BCUT2D eigenvalue weighted by Crippen LogP contribution is 2.06. The van der Waals surface area contributed by atoms with Crippen LogP contribution in [0.15, 0.2) is 18.5 Å². The number of hydrogen-bond donors (Lipinski definition) is 2. The lowest BCUT2D eigenvalue weighted by Crippen LogP contribution is -2.35. The van der Waals surface area contributed by atoms with E-state index in [0.29, 0.717) is 5.69 Å². The van der Waals surface area contributed by atoms with E-state index in [-0.39, 0.29) is 5.88 Å². The molecule has 0 bridgehead atoms. The van der Waals surface area contributed by atoms with Gasteiger partial charge in [-0.1, -0.05) is 0 Å². The van der Waals surface area contributed by atoms with E-state index in [1.165, 1.54) is 6.20 Å². The van der Waals surface area contributed by atoms with Gasteiger partial charge in [0.05, 0.1) is 11.9 Å². The maximum absolute atomic E-state index is 11.2. The van der Waals surface area contributed by atoms with E-state index in [1.807, 2.05) is 12.2 Å². The number of rotatable bonds is 2. The number of imide groups is 1. The molecule has 5 nitrogen and oxygen atoms in total. The largest absolute Gasteiger partial charge is 0.325 e. The summed E-state index contributed by atoms with van der Waals surface area (Å²) in [5, 5.41) is 4.50. The average Bonchev–Trinajstić information content (AvgIpc) is 2.17. The van der Waals surface area contributed by atoms with E-state index in [4.69, 9.17) is 11.6 Å². The first-order valence-electron chi connectivity index (χ1n) is 4.20. The number of hydrogen-bond acceptors (Lipinski definition) is 3. The monoisotopic (exact) mass is 227 g/mol. The van der Waals surface area contributed by atoms with Crippen molar-refractivity contribution in [2.24, 2.45) is 0 Å². The highest BCUT2D eigenvalue weighted by molar-refractivity contribution is 6.28. The molecule has 3 amide bonds. The van der Waals surface area contributed by atoms with Crippen molar-refractivity contribution in [3.05, 3.63) is 24.0 Å². The van der Waals surface area contributed by atoms with Crippen LogP contribution in [-0.4, -0.2) is 22.8 Å². The van der Waals surface area contributed by atoms with Gasteiger partial charge in [0.25, 0.3) is 0 Å². The molecule has 15 heavy (non-hydrogen) atoms. The van der Waals surface area contributed by atoms with E-state index in [0.717, 1.165) is 5.56 Å². The first-order valence-corrected chi connectivity index (χ1v) is 4.73. The molecule has 2 N–H and O–H groups in total. The van der Waals surface area contributed by atoms with Crippen LogP contribution in [0.2, 0.25) is 0 Å². The molecule has 0 spiro atoms. The van der Waals surface area contributed by atoms with Gasteiger partial charge in [-0.2, -0.15) is 0 Å². The minimum absolute atomic E-state index is 0.251. The van der Waals surface area contributed by atoms with Gasteiger partial charge in [-0.15, -0.1) is 11.6 Å². The second-order valence-electron chi connectivity index (χ2n) is 2.89. The second kappa shape index (κ2) is 5.31. The summed E-state index contributed by atoms with van der Waals surface area (Å²) in [6, 6.07) is 1.12. The SMILES string of the molecule is Cc1cncc(NC(=O)NC(=O)CCl)c1. The fourth-order valence-corrected chi connectivity index (χ4v) is 1.01. The standard InChI is InChI=1S/C9H10ClN3O2/c1-6-2-7(5-11-4-6)12-9(15)13-8(14)3-10/h2,4-5H,3H2,1H3,(H2,12,13,14,15). The second-order valence-corrected chi connectivity index (χ2v) is 3.15. The number of nitrogens with zero attached hydrogens (tertiary/aromatic N) is 1. The zero-order valence-electron chi connectivity index (χ0n) is 8.08. The van der Waals surface area contributed by atoms with Crippen LogP contribution in [0.1, 0.15) is 5.56 Å². The number of halogens is 1. The van der Waals surface area contributed by atoms with E-state index in [2.05, 4.69) is 10.3 Å². The van der Waals surface area contributed by atoms with Crippen LogP contribution in [0, 0.1) is 6.92 Å². The third kappa shape index (κ3) is 3.95. The third-order valence-corrected chi connectivity index (χ3v) is 1.75. The molecule has 0 aliphatic rings. The van der Waals surface area contributed by atoms with Crippen molar-refractivity contribution in [1.82, 2.24) is 10.3 Å². The molecule has 0 aliphatic heterocycles. The molecule has 0 aliphatic carbocycles. The van der Waals surface area contributed by atoms with Gasteiger partial charge in [0.2, 0.25) is 5.91 Å². The fourth-order valence-electron chi connectivity index (χ4n) is 0.946. The van der Waals surface area contributed by atoms with Crippen LogP contribution in [-0.2, 0) is 4.79 Å². The molecule has 0 saturated heterocycles. The number of amides is 3. The molecule has 0 radical (unpaired) electrons. The average molecular weight is 228 g/mol. The maximum Gasteiger partial charge on any atom is 0.325 e. The summed E-state index contributed by atoms with van der Waals surface area (Å²) in [6.07, 6.45) is 3.14. The summed E-state index contributed by atoms with van der Waals surface area (Å²) >= 11 is 5.22. The van der Waals surface area contributed by atoms with Crippen molar-refractivity contribution in [1.29, 1.82) is 0 Å². The van der Waals surface area contributed by atoms with Crippen molar-refractivity contribution in [3.8, 4) is 0 Å². The van der Waals surface area contributed by atoms with Crippen LogP contribution in [0.4, 0.5) is 10.5 Å². The van der Waals surface area contributed by atoms with Gasteiger partial charge in [-0.3, -0.25) is 15.1 Å². The van der Waals surface area contributed by atoms with Crippen molar-refractivity contribution in [3.63, 3.8) is 0 Å². The molecular formula is C9H10ClN3O2. The Morgan fingerprint density at radius 2 is 2.20 bits per heavy atom. The zero-order valence-corrected chi connectivity index (χ0v) is 8.84. The molecule has 1 heterocycles. The maximum atomic E-state index is 11.2. The Balaban J connectivity index is 2.55. The number of alkyl halides is 1. The summed E-state index contributed by atoms with van der Waals surface area (Å²) < 4.78 is 0. The molecule has 0 aromatic carbocycles. The molecule has 1 aromatic heterocycles. The minimum atomic E-state index is -0.618. The van der Waals surface area contributed by atoms with Crippen molar-refractivity contribution in [2.75, 3.05) is 11.2 Å². The summed E-state index contributed by atoms with van der Waals surface area (Å²) in [5.41, 5.74) is 1.44. The normalized spacial score (nSPS) is 9.47. The van der Waals surface area contributed by atoms with Gasteiger partial charge < -0.3 is 5.32 Å². The lowest BCUT2D eigenvalue weighted by molar-refractivity contribution is -0.117. The number of nitrogens with one attached hydrogen (secondary N) is 2. The van der Waals surface area contributed by atoms with Gasteiger partial charge in [0.15, 0.2) is 0 Å². The van der Waals surface area contributed by atoms with Crippen LogP contribution in [0.25, 0.3) is 0 Å². The zero-order chi connectivity index (χ0) is 11.3. The number of urea groups is 1. The Hall–Kier alpha value is -1.62. The van der Waals surface area contributed by atoms with Crippen LogP contribution < -0.4 is 10.6 Å². The topological polar surface area (TPSA) is 71.1 Å². The molecule has 0 fully saturated rings. The van der Waals surface area contributed by atoms with Crippen LogP contribution >= 0.6 is 11.6 Å². The first-order chi connectivity index (χ1) is 7.11. The number of carbonyl (C=O) groups is 2. The molecule has 0 saturated carbocycles. The smallest absolute Gasteiger partial charge is 0.306 e. The van der Waals surface area contributed by atoms with Gasteiger partial charge in [0.1, 0.15) is 5.88 Å². The summed E-state index contributed by atoms with van der Waals surface area (Å²) in [6.45, 7) is 1.85. The highest BCUT2D eigenvalue weighted by atomic mass is 35.5. The molecule has 0 atom stereocenters. The number of aromatic nitrogens is 1. The Labute approximate surface area is 91.8 Å². The fraction of sp³-hybridized carbons (Fsp3) is 0.222. The number of pyridine rings is 1. The Kier molecular flexibility index (Phi) is 4.05. The number of anilines is 1. The van der Waals surface area contributed by atoms with Crippen LogP contribution in [0.3, 0.4) is 0 Å². The molecular weight excluding hydrogens is 218 g/mol. The molecule has 1 rings (SSSR count). The van der Waals surface area contributed by atoms with Gasteiger partial charge >= 0.3 is 6.03 Å². The van der Waals surface area contributed by atoms with Crippen molar-refractivity contribution >= 4 is 29.2 Å². The van der Waals surface area contributed by atoms with Gasteiger partial charge in [-0.05, 0) is 18.6 Å². The van der Waals surface area contributed by atoms with E-state index < -0.39 is 11.9 Å². The first kappa shape index (κ1) is 11.5. The lowest BCUT2D eigenvalue weighted by Gasteiger charge is -2.05. The minimum Gasteiger partial charge on any atom is -0.306 e. The lowest BCUT2D eigenvalue weighted by atomic mass is 10.3. The van der Waals surface area contributed by atoms with E-state index >= 15 is 0 Å². The Morgan fingerprint density at radius 3 is 2.80 bits per heavy atom.